The van der Waals surface area contributed by atoms with Crippen molar-refractivity contribution in [3.63, 3.8) is 0 Å². The molecule has 1 unspecified atom stereocenters. The van der Waals surface area contributed by atoms with Crippen LogP contribution >= 0.6 is 11.3 Å². The molecule has 1 aliphatic rings. The van der Waals surface area contributed by atoms with Gasteiger partial charge in [-0.05, 0) is 60.5 Å². The molecule has 0 amide bonds. The molecule has 1 aromatic heterocycles. The summed E-state index contributed by atoms with van der Waals surface area (Å²) in [5.74, 6) is 0.954. The van der Waals surface area contributed by atoms with Crippen molar-refractivity contribution in [2.75, 3.05) is 6.54 Å². The standard InChI is InChI=1S/C16H21NS/c1-2-17-15(12-7-8-12)10-9-13-11-18-16-6-4-3-5-14(13)16/h3-6,11-12,15,17H,2,7-10H2,1H3. The Morgan fingerprint density at radius 3 is 2.94 bits per heavy atom. The summed E-state index contributed by atoms with van der Waals surface area (Å²) in [5.41, 5.74) is 1.54. The lowest BCUT2D eigenvalue weighted by molar-refractivity contribution is 0.447. The molecular weight excluding hydrogens is 238 g/mol. The molecule has 2 aromatic rings. The van der Waals surface area contributed by atoms with E-state index in [0.717, 1.165) is 18.5 Å². The van der Waals surface area contributed by atoms with Crippen LogP contribution in [0.4, 0.5) is 0 Å². The van der Waals surface area contributed by atoms with Crippen molar-refractivity contribution < 1.29 is 0 Å². The largest absolute Gasteiger partial charge is 0.314 e. The number of hydrogen-bond acceptors (Lipinski definition) is 2. The molecule has 1 fully saturated rings. The van der Waals surface area contributed by atoms with Gasteiger partial charge in [-0.3, -0.25) is 0 Å². The van der Waals surface area contributed by atoms with Crippen LogP contribution in [0.3, 0.4) is 0 Å². The second-order valence-electron chi connectivity index (χ2n) is 5.30. The molecule has 18 heavy (non-hydrogen) atoms. The average Bonchev–Trinajstić information content (AvgIpc) is 3.16. The molecule has 0 spiro atoms. The summed E-state index contributed by atoms with van der Waals surface area (Å²) in [6.45, 7) is 3.32. The predicted octanol–water partition coefficient (Wildman–Crippen LogP) is 4.22. The highest BCUT2D eigenvalue weighted by Crippen LogP contribution is 2.35. The zero-order valence-corrected chi connectivity index (χ0v) is 11.8. The van der Waals surface area contributed by atoms with Crippen LogP contribution in [-0.4, -0.2) is 12.6 Å². The second-order valence-corrected chi connectivity index (χ2v) is 6.21. The minimum Gasteiger partial charge on any atom is -0.314 e. The van der Waals surface area contributed by atoms with E-state index in [1.165, 1.54) is 35.8 Å². The molecule has 0 bridgehead atoms. The topological polar surface area (TPSA) is 12.0 Å². The lowest BCUT2D eigenvalue weighted by atomic mass is 10.0. The van der Waals surface area contributed by atoms with Gasteiger partial charge in [-0.15, -0.1) is 11.3 Å². The third-order valence-corrected chi connectivity index (χ3v) is 4.96. The second kappa shape index (κ2) is 5.41. The van der Waals surface area contributed by atoms with E-state index in [1.54, 1.807) is 5.56 Å². The van der Waals surface area contributed by atoms with E-state index in [9.17, 15) is 0 Å². The van der Waals surface area contributed by atoms with Crippen molar-refractivity contribution in [1.82, 2.24) is 5.32 Å². The molecule has 0 aliphatic heterocycles. The Balaban J connectivity index is 1.68. The molecule has 3 rings (SSSR count). The number of rotatable bonds is 6. The summed E-state index contributed by atoms with van der Waals surface area (Å²) in [5, 5.41) is 7.47. The first-order chi connectivity index (χ1) is 8.88. The van der Waals surface area contributed by atoms with Gasteiger partial charge >= 0.3 is 0 Å². The van der Waals surface area contributed by atoms with Gasteiger partial charge in [0.05, 0.1) is 0 Å². The van der Waals surface area contributed by atoms with Gasteiger partial charge in [-0.1, -0.05) is 25.1 Å². The number of fused-ring (bicyclic) bond motifs is 1. The highest BCUT2D eigenvalue weighted by molar-refractivity contribution is 7.17. The van der Waals surface area contributed by atoms with E-state index < -0.39 is 0 Å². The summed E-state index contributed by atoms with van der Waals surface area (Å²) in [6, 6.07) is 9.52. The Morgan fingerprint density at radius 1 is 1.33 bits per heavy atom. The Bertz CT molecular complexity index is 513. The predicted molar refractivity (Wildman–Crippen MR) is 80.3 cm³/mol. The van der Waals surface area contributed by atoms with Crippen LogP contribution in [0.1, 0.15) is 31.7 Å². The summed E-state index contributed by atoms with van der Waals surface area (Å²) in [4.78, 5) is 0. The molecule has 1 aromatic carbocycles. The zero-order valence-electron chi connectivity index (χ0n) is 11.0. The first-order valence-corrected chi connectivity index (χ1v) is 7.95. The maximum atomic E-state index is 3.66. The Labute approximate surface area is 113 Å². The molecule has 1 saturated carbocycles. The van der Waals surface area contributed by atoms with Crippen molar-refractivity contribution in [1.29, 1.82) is 0 Å². The van der Waals surface area contributed by atoms with Crippen molar-refractivity contribution in [2.45, 2.75) is 38.6 Å². The quantitative estimate of drug-likeness (QED) is 0.819. The monoisotopic (exact) mass is 259 g/mol. The van der Waals surface area contributed by atoms with Gasteiger partial charge in [0.15, 0.2) is 0 Å². The number of benzene rings is 1. The lowest BCUT2D eigenvalue weighted by Crippen LogP contribution is -2.31. The van der Waals surface area contributed by atoms with Gasteiger partial charge < -0.3 is 5.32 Å². The first kappa shape index (κ1) is 12.2. The summed E-state index contributed by atoms with van der Waals surface area (Å²) in [6.07, 6.45) is 5.38. The van der Waals surface area contributed by atoms with E-state index in [-0.39, 0.29) is 0 Å². The SMILES string of the molecule is CCNC(CCc1csc2ccccc12)C1CC1. The van der Waals surface area contributed by atoms with Crippen molar-refractivity contribution in [2.24, 2.45) is 5.92 Å². The van der Waals surface area contributed by atoms with Crippen LogP contribution in [0.25, 0.3) is 10.1 Å². The normalized spacial score (nSPS) is 17.2. The molecule has 1 atom stereocenters. The van der Waals surface area contributed by atoms with Crippen LogP contribution in [-0.2, 0) is 6.42 Å². The van der Waals surface area contributed by atoms with Gasteiger partial charge in [0.25, 0.3) is 0 Å². The fourth-order valence-electron chi connectivity index (χ4n) is 2.80. The van der Waals surface area contributed by atoms with Crippen LogP contribution in [0.2, 0.25) is 0 Å². The Hall–Kier alpha value is -0.860. The van der Waals surface area contributed by atoms with Gasteiger partial charge in [0, 0.05) is 10.7 Å². The van der Waals surface area contributed by atoms with Gasteiger partial charge in [-0.25, -0.2) is 0 Å². The number of thiophene rings is 1. The molecule has 1 nitrogen and oxygen atoms in total. The Morgan fingerprint density at radius 2 is 2.17 bits per heavy atom. The summed E-state index contributed by atoms with van der Waals surface area (Å²) >= 11 is 1.88. The first-order valence-electron chi connectivity index (χ1n) is 7.07. The molecule has 0 saturated heterocycles. The van der Waals surface area contributed by atoms with Crippen molar-refractivity contribution >= 4 is 21.4 Å². The van der Waals surface area contributed by atoms with Crippen molar-refractivity contribution in [3.05, 3.63) is 35.2 Å². The highest BCUT2D eigenvalue weighted by atomic mass is 32.1. The fraction of sp³-hybridized carbons (Fsp3) is 0.500. The van der Waals surface area contributed by atoms with Crippen molar-refractivity contribution in [3.8, 4) is 0 Å². The number of hydrogen-bond donors (Lipinski definition) is 1. The molecule has 1 N–H and O–H groups in total. The maximum Gasteiger partial charge on any atom is 0.0345 e. The molecular formula is C16H21NS. The van der Waals surface area contributed by atoms with Crippen LogP contribution < -0.4 is 5.32 Å². The fourth-order valence-corrected chi connectivity index (χ4v) is 3.80. The van der Waals surface area contributed by atoms with E-state index in [2.05, 4.69) is 41.9 Å². The van der Waals surface area contributed by atoms with Crippen LogP contribution in [0, 0.1) is 5.92 Å². The van der Waals surface area contributed by atoms with Gasteiger partial charge in [-0.2, -0.15) is 0 Å². The summed E-state index contributed by atoms with van der Waals surface area (Å²) < 4.78 is 1.43. The summed E-state index contributed by atoms with van der Waals surface area (Å²) in [7, 11) is 0. The van der Waals surface area contributed by atoms with Gasteiger partial charge in [0.2, 0.25) is 0 Å². The molecule has 0 radical (unpaired) electrons. The number of aryl methyl sites for hydroxylation is 1. The third-order valence-electron chi connectivity index (χ3n) is 3.94. The highest BCUT2D eigenvalue weighted by Gasteiger charge is 2.30. The number of nitrogens with one attached hydrogen (secondary N) is 1. The van der Waals surface area contributed by atoms with Crippen LogP contribution in [0.5, 0.6) is 0 Å². The molecule has 96 valence electrons. The molecule has 1 heterocycles. The molecule has 1 aliphatic carbocycles. The average molecular weight is 259 g/mol. The minimum absolute atomic E-state index is 0.744. The zero-order chi connectivity index (χ0) is 12.4. The smallest absolute Gasteiger partial charge is 0.0345 e. The third kappa shape index (κ3) is 2.60. The van der Waals surface area contributed by atoms with E-state index in [0.29, 0.717) is 0 Å². The van der Waals surface area contributed by atoms with Gasteiger partial charge in [0.1, 0.15) is 0 Å². The molecule has 2 heteroatoms. The maximum absolute atomic E-state index is 3.66. The van der Waals surface area contributed by atoms with Crippen LogP contribution in [0.15, 0.2) is 29.6 Å². The Kier molecular flexibility index (Phi) is 3.67. The minimum atomic E-state index is 0.744. The lowest BCUT2D eigenvalue weighted by Gasteiger charge is -2.16. The van der Waals surface area contributed by atoms with E-state index in [4.69, 9.17) is 0 Å². The van der Waals surface area contributed by atoms with E-state index in [1.807, 2.05) is 11.3 Å². The van der Waals surface area contributed by atoms with E-state index >= 15 is 0 Å².